The number of hydrogen-bond acceptors (Lipinski definition) is 3. The number of amides is 2. The first kappa shape index (κ1) is 15.0. The van der Waals surface area contributed by atoms with Gasteiger partial charge in [-0.2, -0.15) is 0 Å². The minimum Gasteiger partial charge on any atom is -0.378 e. The molecule has 0 aromatic rings. The van der Waals surface area contributed by atoms with Crippen molar-refractivity contribution in [3.8, 4) is 0 Å². The van der Waals surface area contributed by atoms with Gasteiger partial charge in [-0.3, -0.25) is 9.59 Å². The Kier molecular flexibility index (Phi) is 5.59. The molecule has 1 aliphatic rings. The van der Waals surface area contributed by atoms with E-state index in [4.69, 9.17) is 10.5 Å². The van der Waals surface area contributed by atoms with Crippen LogP contribution < -0.4 is 5.73 Å². The third-order valence-electron chi connectivity index (χ3n) is 3.17. The lowest BCUT2D eigenvalue weighted by atomic mass is 9.93. The van der Waals surface area contributed by atoms with Gasteiger partial charge in [-0.05, 0) is 25.7 Å². The standard InChI is InChI=1S/C13H24N2O3/c1-9(2)7-15(8-12(14)16)13(17)11-5-4-6-18-10(11)3/h9-11H,4-8H2,1-3H3,(H2,14,16)/t10-,11-/m0/s1. The predicted molar refractivity (Wildman–Crippen MR) is 68.8 cm³/mol. The lowest BCUT2D eigenvalue weighted by Crippen LogP contribution is -2.47. The fourth-order valence-corrected chi connectivity index (χ4v) is 2.34. The number of carbonyl (C=O) groups is 2. The summed E-state index contributed by atoms with van der Waals surface area (Å²) in [6, 6.07) is 0. The minimum atomic E-state index is -0.464. The summed E-state index contributed by atoms with van der Waals surface area (Å²) in [5.74, 6) is -0.298. The zero-order valence-electron chi connectivity index (χ0n) is 11.5. The van der Waals surface area contributed by atoms with Gasteiger partial charge >= 0.3 is 0 Å². The van der Waals surface area contributed by atoms with Crippen molar-refractivity contribution in [2.24, 2.45) is 17.6 Å². The Morgan fingerprint density at radius 1 is 1.44 bits per heavy atom. The van der Waals surface area contributed by atoms with E-state index < -0.39 is 5.91 Å². The summed E-state index contributed by atoms with van der Waals surface area (Å²) in [7, 11) is 0. The largest absolute Gasteiger partial charge is 0.378 e. The maximum atomic E-state index is 12.4. The van der Waals surface area contributed by atoms with Crippen LogP contribution in [0.1, 0.15) is 33.6 Å². The summed E-state index contributed by atoms with van der Waals surface area (Å²) in [5.41, 5.74) is 5.21. The van der Waals surface area contributed by atoms with E-state index in [-0.39, 0.29) is 24.5 Å². The Hall–Kier alpha value is -1.10. The number of nitrogens with zero attached hydrogens (tertiary/aromatic N) is 1. The van der Waals surface area contributed by atoms with Crippen LogP contribution in [0.25, 0.3) is 0 Å². The van der Waals surface area contributed by atoms with Crippen molar-refractivity contribution in [1.29, 1.82) is 0 Å². The number of primary amides is 1. The molecule has 2 atom stereocenters. The molecule has 0 aromatic carbocycles. The molecule has 5 heteroatoms. The van der Waals surface area contributed by atoms with Crippen molar-refractivity contribution in [2.45, 2.75) is 39.7 Å². The fraction of sp³-hybridized carbons (Fsp3) is 0.846. The van der Waals surface area contributed by atoms with E-state index in [1.165, 1.54) is 0 Å². The Morgan fingerprint density at radius 3 is 2.61 bits per heavy atom. The SMILES string of the molecule is CC(C)CN(CC(N)=O)C(=O)[C@H]1CCCO[C@H]1C. The van der Waals surface area contributed by atoms with Crippen LogP contribution in [0, 0.1) is 11.8 Å². The average molecular weight is 256 g/mol. The lowest BCUT2D eigenvalue weighted by molar-refractivity contribution is -0.146. The molecule has 5 nitrogen and oxygen atoms in total. The van der Waals surface area contributed by atoms with Gasteiger partial charge < -0.3 is 15.4 Å². The molecule has 2 amide bonds. The van der Waals surface area contributed by atoms with Gasteiger partial charge in [-0.1, -0.05) is 13.8 Å². The van der Waals surface area contributed by atoms with E-state index in [1.807, 2.05) is 20.8 Å². The van der Waals surface area contributed by atoms with Crippen molar-refractivity contribution >= 4 is 11.8 Å². The number of ether oxygens (including phenoxy) is 1. The van der Waals surface area contributed by atoms with E-state index in [0.29, 0.717) is 19.1 Å². The molecular weight excluding hydrogens is 232 g/mol. The number of carbonyl (C=O) groups excluding carboxylic acids is 2. The van der Waals surface area contributed by atoms with Crippen LogP contribution in [0.15, 0.2) is 0 Å². The van der Waals surface area contributed by atoms with Crippen molar-refractivity contribution in [3.63, 3.8) is 0 Å². The first-order chi connectivity index (χ1) is 8.41. The predicted octanol–water partition coefficient (Wildman–Crippen LogP) is 0.771. The summed E-state index contributed by atoms with van der Waals surface area (Å²) in [6.45, 7) is 7.22. The topological polar surface area (TPSA) is 72.6 Å². The van der Waals surface area contributed by atoms with Gasteiger partial charge in [0.15, 0.2) is 0 Å². The maximum Gasteiger partial charge on any atom is 0.237 e. The van der Waals surface area contributed by atoms with Crippen molar-refractivity contribution in [1.82, 2.24) is 4.90 Å². The van der Waals surface area contributed by atoms with Crippen molar-refractivity contribution < 1.29 is 14.3 Å². The van der Waals surface area contributed by atoms with Crippen LogP contribution >= 0.6 is 0 Å². The fourth-order valence-electron chi connectivity index (χ4n) is 2.34. The Bertz CT molecular complexity index is 305. The molecule has 1 aliphatic heterocycles. The van der Waals surface area contributed by atoms with Gasteiger partial charge in [-0.25, -0.2) is 0 Å². The maximum absolute atomic E-state index is 12.4. The van der Waals surface area contributed by atoms with Gasteiger partial charge in [0.05, 0.1) is 18.6 Å². The van der Waals surface area contributed by atoms with Gasteiger partial charge in [0.25, 0.3) is 0 Å². The van der Waals surface area contributed by atoms with Crippen LogP contribution in [0.3, 0.4) is 0 Å². The quantitative estimate of drug-likeness (QED) is 0.789. The number of hydrogen-bond donors (Lipinski definition) is 1. The van der Waals surface area contributed by atoms with Gasteiger partial charge in [0.1, 0.15) is 0 Å². The molecule has 2 N–H and O–H groups in total. The Morgan fingerprint density at radius 2 is 2.11 bits per heavy atom. The molecule has 0 aromatic heterocycles. The zero-order valence-corrected chi connectivity index (χ0v) is 11.5. The molecule has 18 heavy (non-hydrogen) atoms. The third kappa shape index (κ3) is 4.29. The molecular formula is C13H24N2O3. The van der Waals surface area contributed by atoms with Crippen LogP contribution in [-0.2, 0) is 14.3 Å². The van der Waals surface area contributed by atoms with Gasteiger partial charge in [0, 0.05) is 13.2 Å². The van der Waals surface area contributed by atoms with Crippen molar-refractivity contribution in [2.75, 3.05) is 19.7 Å². The molecule has 0 radical (unpaired) electrons. The first-order valence-electron chi connectivity index (χ1n) is 6.60. The molecule has 1 fully saturated rings. The van der Waals surface area contributed by atoms with Crippen LogP contribution in [0.2, 0.25) is 0 Å². The smallest absolute Gasteiger partial charge is 0.237 e. The monoisotopic (exact) mass is 256 g/mol. The lowest BCUT2D eigenvalue weighted by Gasteiger charge is -2.33. The molecule has 1 heterocycles. The summed E-state index contributed by atoms with van der Waals surface area (Å²) in [5, 5.41) is 0. The summed E-state index contributed by atoms with van der Waals surface area (Å²) in [6.07, 6.45) is 1.65. The number of rotatable bonds is 5. The highest BCUT2D eigenvalue weighted by molar-refractivity contribution is 5.85. The normalized spacial score (nSPS) is 24.0. The molecule has 104 valence electrons. The molecule has 1 rings (SSSR count). The van der Waals surface area contributed by atoms with Crippen LogP contribution in [0.5, 0.6) is 0 Å². The minimum absolute atomic E-state index is 0.000231. The average Bonchev–Trinajstić information content (AvgIpc) is 2.26. The van der Waals surface area contributed by atoms with E-state index in [1.54, 1.807) is 4.90 Å². The highest BCUT2D eigenvalue weighted by Gasteiger charge is 2.32. The Labute approximate surface area is 109 Å². The summed E-state index contributed by atoms with van der Waals surface area (Å²) >= 11 is 0. The zero-order chi connectivity index (χ0) is 13.7. The van der Waals surface area contributed by atoms with E-state index in [0.717, 1.165) is 12.8 Å². The van der Waals surface area contributed by atoms with E-state index >= 15 is 0 Å². The third-order valence-corrected chi connectivity index (χ3v) is 3.17. The molecule has 1 saturated heterocycles. The molecule has 0 saturated carbocycles. The second-order valence-corrected chi connectivity index (χ2v) is 5.40. The Balaban J connectivity index is 2.70. The number of nitrogens with two attached hydrogens (primary N) is 1. The molecule has 0 bridgehead atoms. The highest BCUT2D eigenvalue weighted by Crippen LogP contribution is 2.23. The molecule has 0 unspecified atom stereocenters. The summed E-state index contributed by atoms with van der Waals surface area (Å²) < 4.78 is 5.51. The van der Waals surface area contributed by atoms with Gasteiger partial charge in [-0.15, -0.1) is 0 Å². The molecule has 0 aliphatic carbocycles. The second-order valence-electron chi connectivity index (χ2n) is 5.40. The van der Waals surface area contributed by atoms with Crippen LogP contribution in [0.4, 0.5) is 0 Å². The highest BCUT2D eigenvalue weighted by atomic mass is 16.5. The second kappa shape index (κ2) is 6.73. The van der Waals surface area contributed by atoms with E-state index in [2.05, 4.69) is 0 Å². The van der Waals surface area contributed by atoms with E-state index in [9.17, 15) is 9.59 Å². The summed E-state index contributed by atoms with van der Waals surface area (Å²) in [4.78, 5) is 25.0. The van der Waals surface area contributed by atoms with Crippen molar-refractivity contribution in [3.05, 3.63) is 0 Å². The molecule has 0 spiro atoms. The van der Waals surface area contributed by atoms with Gasteiger partial charge in [0.2, 0.25) is 11.8 Å². The first-order valence-corrected chi connectivity index (χ1v) is 6.60. The van der Waals surface area contributed by atoms with Crippen LogP contribution in [-0.4, -0.2) is 42.5 Å².